The lowest BCUT2D eigenvalue weighted by atomic mass is 10.2. The van der Waals surface area contributed by atoms with Gasteiger partial charge in [-0.25, -0.2) is 8.42 Å². The number of fused-ring (bicyclic) bond motifs is 1. The molecule has 0 saturated heterocycles. The van der Waals surface area contributed by atoms with E-state index in [1.165, 1.54) is 12.1 Å². The topological polar surface area (TPSA) is 72.9 Å². The Hall–Kier alpha value is -1.18. The Labute approximate surface area is 145 Å². The zero-order valence-corrected chi connectivity index (χ0v) is 15.6. The molecule has 0 radical (unpaired) electrons. The minimum absolute atomic E-state index is 0.0416. The number of carbonyl (C=O) groups is 1. The van der Waals surface area contributed by atoms with Crippen LogP contribution in [0.3, 0.4) is 0 Å². The Morgan fingerprint density at radius 1 is 1.35 bits per heavy atom. The van der Waals surface area contributed by atoms with Crippen LogP contribution in [0, 0.1) is 0 Å². The summed E-state index contributed by atoms with van der Waals surface area (Å²) in [7, 11) is 3.32. The number of anilines is 1. The minimum Gasteiger partial charge on any atom is -0.488 e. The molecule has 1 aliphatic rings. The Morgan fingerprint density at radius 3 is 2.39 bits per heavy atom. The van der Waals surface area contributed by atoms with Crippen LogP contribution in [0.4, 0.5) is 5.69 Å². The van der Waals surface area contributed by atoms with Crippen LogP contribution < -0.4 is 9.64 Å². The molecule has 9 heteroatoms. The second kappa shape index (κ2) is 7.59. The first-order chi connectivity index (χ1) is 10.5. The summed E-state index contributed by atoms with van der Waals surface area (Å²) in [5.41, 5.74) is 0.247. The number of benzene rings is 1. The van der Waals surface area contributed by atoms with E-state index in [1.54, 1.807) is 0 Å². The largest absolute Gasteiger partial charge is 0.488 e. The Bertz CT molecular complexity index is 670. The van der Waals surface area contributed by atoms with Gasteiger partial charge in [-0.15, -0.1) is 0 Å². The SMILES string of the molecule is CC(C)(C)OC=O.CN1CCOc2c(S(=O)(=O)Cl)ccc(Cl)c21. The number of nitrogens with zero attached hydrogens (tertiary/aromatic N) is 1. The highest BCUT2D eigenvalue weighted by molar-refractivity contribution is 8.13. The summed E-state index contributed by atoms with van der Waals surface area (Å²) < 4.78 is 32.6. The smallest absolute Gasteiger partial charge is 0.293 e. The lowest BCUT2D eigenvalue weighted by Crippen LogP contribution is -2.29. The van der Waals surface area contributed by atoms with Gasteiger partial charge < -0.3 is 14.4 Å². The predicted molar refractivity (Wildman–Crippen MR) is 90.2 cm³/mol. The number of hydrogen-bond acceptors (Lipinski definition) is 6. The molecule has 0 bridgehead atoms. The van der Waals surface area contributed by atoms with E-state index in [2.05, 4.69) is 4.74 Å². The number of ether oxygens (including phenoxy) is 2. The van der Waals surface area contributed by atoms with Gasteiger partial charge in [0.05, 0.1) is 17.3 Å². The van der Waals surface area contributed by atoms with Gasteiger partial charge in [-0.1, -0.05) is 11.6 Å². The van der Waals surface area contributed by atoms with Gasteiger partial charge in [-0.3, -0.25) is 4.79 Å². The molecule has 1 aromatic rings. The van der Waals surface area contributed by atoms with E-state index in [9.17, 15) is 13.2 Å². The summed E-state index contributed by atoms with van der Waals surface area (Å²) in [6, 6.07) is 2.85. The van der Waals surface area contributed by atoms with Crippen molar-refractivity contribution < 1.29 is 22.7 Å². The molecular formula is C14H19Cl2NO5S. The predicted octanol–water partition coefficient (Wildman–Crippen LogP) is 3.05. The number of carbonyl (C=O) groups excluding carboxylic acids is 1. The van der Waals surface area contributed by atoms with Crippen molar-refractivity contribution in [1.29, 1.82) is 0 Å². The van der Waals surface area contributed by atoms with Gasteiger partial charge in [0.25, 0.3) is 15.5 Å². The molecule has 1 aromatic carbocycles. The lowest BCUT2D eigenvalue weighted by Gasteiger charge is -2.29. The standard InChI is InChI=1S/C9H9Cl2NO3S.C5H10O2/c1-12-4-5-15-9-7(16(11,13)14)3-2-6(10)8(9)12;1-5(2,3)7-4-6/h2-3H,4-5H2,1H3;4H,1-3H3. The molecular weight excluding hydrogens is 365 g/mol. The maximum atomic E-state index is 11.3. The molecule has 0 spiro atoms. The third kappa shape index (κ3) is 5.75. The molecule has 6 nitrogen and oxygen atoms in total. The summed E-state index contributed by atoms with van der Waals surface area (Å²) in [4.78, 5) is 11.4. The molecule has 0 fully saturated rings. The van der Waals surface area contributed by atoms with Crippen LogP contribution in [0.2, 0.25) is 5.02 Å². The third-order valence-corrected chi connectivity index (χ3v) is 4.42. The average Bonchev–Trinajstić information content (AvgIpc) is 2.36. The highest BCUT2D eigenvalue weighted by atomic mass is 35.7. The summed E-state index contributed by atoms with van der Waals surface area (Å²) >= 11 is 6.00. The van der Waals surface area contributed by atoms with Gasteiger partial charge in [-0.2, -0.15) is 0 Å². The molecule has 0 aliphatic carbocycles. The van der Waals surface area contributed by atoms with E-state index < -0.39 is 9.05 Å². The van der Waals surface area contributed by atoms with Crippen LogP contribution >= 0.6 is 22.3 Å². The summed E-state index contributed by atoms with van der Waals surface area (Å²) in [5.74, 6) is 0.233. The summed E-state index contributed by atoms with van der Waals surface area (Å²) in [6.45, 7) is 6.98. The zero-order valence-electron chi connectivity index (χ0n) is 13.3. The quantitative estimate of drug-likeness (QED) is 0.577. The molecule has 0 atom stereocenters. The van der Waals surface area contributed by atoms with Crippen LogP contribution in [-0.4, -0.2) is 40.7 Å². The third-order valence-electron chi connectivity index (χ3n) is 2.77. The van der Waals surface area contributed by atoms with Crippen molar-refractivity contribution in [1.82, 2.24) is 0 Å². The molecule has 0 aromatic heterocycles. The first-order valence-corrected chi connectivity index (χ1v) is 9.38. The lowest BCUT2D eigenvalue weighted by molar-refractivity contribution is -0.138. The molecule has 1 heterocycles. The van der Waals surface area contributed by atoms with Crippen molar-refractivity contribution in [3.05, 3.63) is 17.2 Å². The molecule has 2 rings (SSSR count). The molecule has 1 aliphatic heterocycles. The van der Waals surface area contributed by atoms with Gasteiger partial charge in [0.15, 0.2) is 5.75 Å². The molecule has 130 valence electrons. The normalized spacial score (nSPS) is 14.1. The maximum absolute atomic E-state index is 11.3. The first kappa shape index (κ1) is 19.9. The first-order valence-electron chi connectivity index (χ1n) is 6.70. The van der Waals surface area contributed by atoms with Crippen LogP contribution in [0.15, 0.2) is 17.0 Å². The molecule has 23 heavy (non-hydrogen) atoms. The van der Waals surface area contributed by atoms with Crippen LogP contribution in [0.1, 0.15) is 20.8 Å². The number of halogens is 2. The van der Waals surface area contributed by atoms with Gasteiger partial charge in [-0.05, 0) is 32.9 Å². The van der Waals surface area contributed by atoms with E-state index in [0.29, 0.717) is 30.3 Å². The van der Waals surface area contributed by atoms with E-state index in [0.717, 1.165) is 0 Å². The second-order valence-electron chi connectivity index (χ2n) is 5.76. The average molecular weight is 384 g/mol. The van der Waals surface area contributed by atoms with Crippen LogP contribution in [-0.2, 0) is 18.6 Å². The Balaban J connectivity index is 0.000000322. The van der Waals surface area contributed by atoms with Gasteiger partial charge in [0, 0.05) is 17.7 Å². The fourth-order valence-electron chi connectivity index (χ4n) is 1.76. The molecule has 0 saturated carbocycles. The fourth-order valence-corrected chi connectivity index (χ4v) is 3.02. The van der Waals surface area contributed by atoms with Crippen molar-refractivity contribution >= 4 is 43.5 Å². The van der Waals surface area contributed by atoms with E-state index in [-0.39, 0.29) is 16.2 Å². The maximum Gasteiger partial charge on any atom is 0.293 e. The van der Waals surface area contributed by atoms with Gasteiger partial charge >= 0.3 is 0 Å². The minimum atomic E-state index is -3.82. The van der Waals surface area contributed by atoms with E-state index in [1.807, 2.05) is 32.7 Å². The van der Waals surface area contributed by atoms with Crippen molar-refractivity contribution in [2.45, 2.75) is 31.3 Å². The zero-order chi connectivity index (χ0) is 17.8. The Kier molecular flexibility index (Phi) is 6.56. The number of rotatable bonds is 2. The summed E-state index contributed by atoms with van der Waals surface area (Å²) in [5, 5.41) is 0.446. The van der Waals surface area contributed by atoms with Crippen molar-refractivity contribution in [3.63, 3.8) is 0 Å². The van der Waals surface area contributed by atoms with E-state index in [4.69, 9.17) is 27.0 Å². The van der Waals surface area contributed by atoms with Crippen LogP contribution in [0.5, 0.6) is 5.75 Å². The molecule has 0 unspecified atom stereocenters. The van der Waals surface area contributed by atoms with Gasteiger partial charge in [0.1, 0.15) is 17.1 Å². The number of likely N-dealkylation sites (N-methyl/N-ethyl adjacent to an activating group) is 1. The highest BCUT2D eigenvalue weighted by Crippen LogP contribution is 2.42. The van der Waals surface area contributed by atoms with Crippen LogP contribution in [0.25, 0.3) is 0 Å². The second-order valence-corrected chi connectivity index (χ2v) is 8.70. The monoisotopic (exact) mass is 383 g/mol. The molecule has 0 amide bonds. The van der Waals surface area contributed by atoms with Crippen molar-refractivity contribution in [3.8, 4) is 5.75 Å². The molecule has 0 N–H and O–H groups in total. The van der Waals surface area contributed by atoms with Crippen molar-refractivity contribution in [2.24, 2.45) is 0 Å². The summed E-state index contributed by atoms with van der Waals surface area (Å²) in [6.07, 6.45) is 0. The Morgan fingerprint density at radius 2 is 1.96 bits per heavy atom. The number of hydrogen-bond donors (Lipinski definition) is 0. The van der Waals surface area contributed by atoms with E-state index >= 15 is 0 Å². The van der Waals surface area contributed by atoms with Gasteiger partial charge in [0.2, 0.25) is 0 Å². The van der Waals surface area contributed by atoms with Crippen molar-refractivity contribution in [2.75, 3.05) is 25.1 Å². The highest BCUT2D eigenvalue weighted by Gasteiger charge is 2.26. The fraction of sp³-hybridized carbons (Fsp3) is 0.500.